The van der Waals surface area contributed by atoms with Crippen LogP contribution in [0.2, 0.25) is 0 Å². The largest absolute Gasteiger partial charge is 0.468 e. The second-order valence-corrected chi connectivity index (χ2v) is 9.41. The SMILES string of the molecule is COC(=O)C1C(C)=NC(C)=C(C(=O)Oc2ccccc2)C1c1cccc2c(=O)c(C)c(-c3ccccc3)oc12. The number of ether oxygens (including phenoxy) is 2. The fourth-order valence-corrected chi connectivity index (χ4v) is 5.16. The number of allylic oxidation sites excluding steroid dienone is 1. The first kappa shape index (κ1) is 25.9. The van der Waals surface area contributed by atoms with Gasteiger partial charge in [-0.25, -0.2) is 4.79 Å². The van der Waals surface area contributed by atoms with E-state index in [1.807, 2.05) is 36.4 Å². The predicted octanol–water partition coefficient (Wildman–Crippen LogP) is 6.00. The van der Waals surface area contributed by atoms with E-state index in [1.54, 1.807) is 63.2 Å². The highest BCUT2D eigenvalue weighted by Crippen LogP contribution is 2.43. The van der Waals surface area contributed by atoms with E-state index < -0.39 is 23.8 Å². The topological polar surface area (TPSA) is 95.2 Å². The lowest BCUT2D eigenvalue weighted by Crippen LogP contribution is -2.36. The van der Waals surface area contributed by atoms with Crippen molar-refractivity contribution in [3.63, 3.8) is 0 Å². The number of nitrogens with zero attached hydrogens (tertiary/aromatic N) is 1. The standard InChI is InChI=1S/C32H27NO6/c1-18-28(34)24-17-11-16-23(30(24)39-29(18)21-12-7-5-8-13-21)27-25(31(35)37-4)19(2)33-20(3)26(27)32(36)38-22-14-9-6-10-15-22/h5-17,25,27H,1-4H3. The van der Waals surface area contributed by atoms with E-state index >= 15 is 0 Å². The van der Waals surface area contributed by atoms with Gasteiger partial charge < -0.3 is 13.9 Å². The smallest absolute Gasteiger partial charge is 0.341 e. The van der Waals surface area contributed by atoms with E-state index in [2.05, 4.69) is 4.99 Å². The summed E-state index contributed by atoms with van der Waals surface area (Å²) in [6, 6.07) is 23.2. The summed E-state index contributed by atoms with van der Waals surface area (Å²) in [6.45, 7) is 5.15. The summed E-state index contributed by atoms with van der Waals surface area (Å²) < 4.78 is 17.3. The molecule has 0 bridgehead atoms. The van der Waals surface area contributed by atoms with Gasteiger partial charge >= 0.3 is 11.9 Å². The summed E-state index contributed by atoms with van der Waals surface area (Å²) in [6.07, 6.45) is 0. The van der Waals surface area contributed by atoms with Gasteiger partial charge in [0.2, 0.25) is 0 Å². The zero-order chi connectivity index (χ0) is 27.7. The second-order valence-electron chi connectivity index (χ2n) is 9.41. The van der Waals surface area contributed by atoms with Crippen LogP contribution in [0.5, 0.6) is 5.75 Å². The molecular weight excluding hydrogens is 494 g/mol. The predicted molar refractivity (Wildman–Crippen MR) is 149 cm³/mol. The number of hydrogen-bond acceptors (Lipinski definition) is 7. The van der Waals surface area contributed by atoms with Crippen LogP contribution in [0.15, 0.2) is 104 Å². The van der Waals surface area contributed by atoms with E-state index in [0.717, 1.165) is 5.56 Å². The van der Waals surface area contributed by atoms with Gasteiger partial charge in [0.05, 0.1) is 18.1 Å². The number of rotatable bonds is 5. The van der Waals surface area contributed by atoms with Crippen LogP contribution in [0.1, 0.15) is 30.9 Å². The third-order valence-corrected chi connectivity index (χ3v) is 7.00. The molecule has 4 aromatic rings. The number of para-hydroxylation sites is 2. The van der Waals surface area contributed by atoms with Crippen molar-refractivity contribution in [1.82, 2.24) is 0 Å². The van der Waals surface area contributed by atoms with Crippen LogP contribution in [0.4, 0.5) is 0 Å². The van der Waals surface area contributed by atoms with Gasteiger partial charge in [0.15, 0.2) is 5.43 Å². The molecule has 3 aromatic carbocycles. The molecule has 1 aliphatic heterocycles. The number of carbonyl (C=O) groups is 2. The van der Waals surface area contributed by atoms with E-state index in [4.69, 9.17) is 13.9 Å². The number of methoxy groups -OCH3 is 1. The molecule has 0 saturated heterocycles. The summed E-state index contributed by atoms with van der Waals surface area (Å²) >= 11 is 0. The summed E-state index contributed by atoms with van der Waals surface area (Å²) in [5.74, 6) is -2.24. The minimum atomic E-state index is -0.936. The lowest BCUT2D eigenvalue weighted by Gasteiger charge is -2.31. The first-order valence-corrected chi connectivity index (χ1v) is 12.5. The maximum Gasteiger partial charge on any atom is 0.341 e. The molecule has 0 radical (unpaired) electrons. The Morgan fingerprint density at radius 2 is 1.54 bits per heavy atom. The van der Waals surface area contributed by atoms with Crippen LogP contribution in [0, 0.1) is 12.8 Å². The third kappa shape index (κ3) is 4.68. The Hall–Kier alpha value is -4.78. The summed E-state index contributed by atoms with van der Waals surface area (Å²) in [5.41, 5.74) is 2.88. The van der Waals surface area contributed by atoms with Crippen LogP contribution >= 0.6 is 0 Å². The Bertz CT molecular complexity index is 1700. The molecule has 2 atom stereocenters. The van der Waals surface area contributed by atoms with Crippen molar-refractivity contribution >= 4 is 28.6 Å². The molecule has 0 spiro atoms. The highest BCUT2D eigenvalue weighted by Gasteiger charge is 2.43. The zero-order valence-electron chi connectivity index (χ0n) is 22.1. The monoisotopic (exact) mass is 521 g/mol. The molecule has 0 amide bonds. The van der Waals surface area contributed by atoms with E-state index in [1.165, 1.54) is 7.11 Å². The molecule has 0 fully saturated rings. The lowest BCUT2D eigenvalue weighted by atomic mass is 9.75. The average Bonchev–Trinajstić information content (AvgIpc) is 2.94. The summed E-state index contributed by atoms with van der Waals surface area (Å²) in [5, 5.41) is 0.349. The van der Waals surface area contributed by atoms with Crippen LogP contribution in [-0.4, -0.2) is 24.8 Å². The van der Waals surface area contributed by atoms with Gasteiger partial charge in [0.25, 0.3) is 0 Å². The highest BCUT2D eigenvalue weighted by molar-refractivity contribution is 6.08. The number of aliphatic imine (C=N–C) groups is 1. The molecule has 39 heavy (non-hydrogen) atoms. The lowest BCUT2D eigenvalue weighted by molar-refractivity contribution is -0.143. The van der Waals surface area contributed by atoms with E-state index in [9.17, 15) is 14.4 Å². The minimum Gasteiger partial charge on any atom is -0.468 e. The molecule has 7 nitrogen and oxygen atoms in total. The Morgan fingerprint density at radius 1 is 0.872 bits per heavy atom. The number of benzene rings is 3. The van der Waals surface area contributed by atoms with Crippen molar-refractivity contribution in [2.75, 3.05) is 7.11 Å². The van der Waals surface area contributed by atoms with Gasteiger partial charge in [-0.2, -0.15) is 0 Å². The molecule has 2 heterocycles. The normalized spacial score (nSPS) is 17.1. The Balaban J connectivity index is 1.77. The Labute approximate surface area is 225 Å². The maximum atomic E-state index is 13.7. The highest BCUT2D eigenvalue weighted by atomic mass is 16.5. The summed E-state index contributed by atoms with van der Waals surface area (Å²) in [4.78, 5) is 44.9. The molecule has 2 unspecified atom stereocenters. The second kappa shape index (κ2) is 10.5. The molecule has 0 aliphatic carbocycles. The van der Waals surface area contributed by atoms with Gasteiger partial charge in [-0.15, -0.1) is 0 Å². The van der Waals surface area contributed by atoms with Crippen LogP contribution in [0.3, 0.4) is 0 Å². The third-order valence-electron chi connectivity index (χ3n) is 7.00. The fourth-order valence-electron chi connectivity index (χ4n) is 5.16. The van der Waals surface area contributed by atoms with Crippen LogP contribution in [0.25, 0.3) is 22.3 Å². The Morgan fingerprint density at radius 3 is 2.21 bits per heavy atom. The van der Waals surface area contributed by atoms with Crippen molar-refractivity contribution in [3.8, 4) is 17.1 Å². The van der Waals surface area contributed by atoms with Crippen molar-refractivity contribution in [2.24, 2.45) is 10.9 Å². The maximum absolute atomic E-state index is 13.7. The molecule has 0 N–H and O–H groups in total. The summed E-state index contributed by atoms with van der Waals surface area (Å²) in [7, 11) is 1.29. The molecular formula is C32H27NO6. The first-order chi connectivity index (χ1) is 18.8. The van der Waals surface area contributed by atoms with E-state index in [0.29, 0.717) is 45.0 Å². The van der Waals surface area contributed by atoms with Crippen molar-refractivity contribution in [1.29, 1.82) is 0 Å². The molecule has 1 aromatic heterocycles. The average molecular weight is 522 g/mol. The fraction of sp³-hybridized carbons (Fsp3) is 0.188. The number of carbonyl (C=O) groups excluding carboxylic acids is 2. The van der Waals surface area contributed by atoms with E-state index in [-0.39, 0.29) is 11.0 Å². The first-order valence-electron chi connectivity index (χ1n) is 12.5. The van der Waals surface area contributed by atoms with Gasteiger partial charge in [0.1, 0.15) is 23.0 Å². The Kier molecular flexibility index (Phi) is 6.98. The van der Waals surface area contributed by atoms with Crippen molar-refractivity contribution < 1.29 is 23.5 Å². The number of esters is 2. The molecule has 196 valence electrons. The van der Waals surface area contributed by atoms with Gasteiger partial charge in [0, 0.05) is 34.0 Å². The quantitative estimate of drug-likeness (QED) is 0.236. The van der Waals surface area contributed by atoms with Gasteiger partial charge in [-0.1, -0.05) is 60.7 Å². The van der Waals surface area contributed by atoms with Crippen molar-refractivity contribution in [2.45, 2.75) is 26.7 Å². The number of fused-ring (bicyclic) bond motifs is 1. The molecule has 7 heteroatoms. The number of hydrogen-bond donors (Lipinski definition) is 0. The molecule has 0 saturated carbocycles. The molecule has 1 aliphatic rings. The van der Waals surface area contributed by atoms with Crippen LogP contribution < -0.4 is 10.2 Å². The van der Waals surface area contributed by atoms with Crippen LogP contribution in [-0.2, 0) is 14.3 Å². The molecule has 5 rings (SSSR count). The van der Waals surface area contributed by atoms with Gasteiger partial charge in [-0.3, -0.25) is 14.6 Å². The van der Waals surface area contributed by atoms with Gasteiger partial charge in [-0.05, 0) is 39.0 Å². The van der Waals surface area contributed by atoms with Crippen molar-refractivity contribution in [3.05, 3.63) is 111 Å². The zero-order valence-corrected chi connectivity index (χ0v) is 22.1. The minimum absolute atomic E-state index is 0.192.